The van der Waals surface area contributed by atoms with E-state index in [1.165, 1.54) is 10.8 Å². The Hall–Kier alpha value is -2.46. The first-order valence-corrected chi connectivity index (χ1v) is 7.02. The molecule has 0 aliphatic carbocycles. The van der Waals surface area contributed by atoms with Crippen molar-refractivity contribution in [2.24, 2.45) is 0 Å². The van der Waals surface area contributed by atoms with Crippen molar-refractivity contribution in [1.82, 2.24) is 10.2 Å². The van der Waals surface area contributed by atoms with Gasteiger partial charge in [0, 0.05) is 11.9 Å². The number of hydrogen-bond acceptors (Lipinski definition) is 4. The highest BCUT2D eigenvalue weighted by atomic mass is 16.3. The van der Waals surface area contributed by atoms with Crippen LogP contribution in [0.1, 0.15) is 12.6 Å². The van der Waals surface area contributed by atoms with Crippen LogP contribution in [0.2, 0.25) is 0 Å². The number of aliphatic hydroxyl groups is 1. The molecule has 3 rings (SSSR count). The van der Waals surface area contributed by atoms with Crippen molar-refractivity contribution in [2.75, 3.05) is 11.4 Å². The topological polar surface area (TPSA) is 49.2 Å². The van der Waals surface area contributed by atoms with Crippen LogP contribution in [0.4, 0.5) is 11.5 Å². The molecule has 3 aromatic rings. The van der Waals surface area contributed by atoms with Crippen LogP contribution in [-0.4, -0.2) is 21.8 Å². The van der Waals surface area contributed by atoms with E-state index >= 15 is 0 Å². The van der Waals surface area contributed by atoms with Gasteiger partial charge in [-0.15, -0.1) is 5.10 Å². The highest BCUT2D eigenvalue weighted by molar-refractivity contribution is 5.95. The fourth-order valence-corrected chi connectivity index (χ4v) is 2.48. The first kappa shape index (κ1) is 13.5. The van der Waals surface area contributed by atoms with Crippen LogP contribution in [0.5, 0.6) is 0 Å². The Morgan fingerprint density at radius 1 is 0.952 bits per heavy atom. The molecule has 0 saturated carbocycles. The molecule has 0 fully saturated rings. The van der Waals surface area contributed by atoms with Gasteiger partial charge in [-0.25, -0.2) is 0 Å². The van der Waals surface area contributed by atoms with Crippen molar-refractivity contribution in [1.29, 1.82) is 0 Å². The number of anilines is 2. The molecule has 0 saturated heterocycles. The predicted octanol–water partition coefficient (Wildman–Crippen LogP) is 3.28. The van der Waals surface area contributed by atoms with Gasteiger partial charge < -0.3 is 10.0 Å². The number of benzene rings is 2. The van der Waals surface area contributed by atoms with E-state index in [-0.39, 0.29) is 6.61 Å². The number of nitrogens with zero attached hydrogens (tertiary/aromatic N) is 3. The molecule has 1 heterocycles. The zero-order valence-electron chi connectivity index (χ0n) is 11.9. The molecular formula is C17H17N3O. The van der Waals surface area contributed by atoms with E-state index in [0.29, 0.717) is 5.69 Å². The molecule has 0 amide bonds. The van der Waals surface area contributed by atoms with Gasteiger partial charge in [0.2, 0.25) is 0 Å². The summed E-state index contributed by atoms with van der Waals surface area (Å²) in [6.45, 7) is 2.79. The second-order valence-electron chi connectivity index (χ2n) is 4.78. The lowest BCUT2D eigenvalue weighted by atomic mass is 10.1. The summed E-state index contributed by atoms with van der Waals surface area (Å²) in [7, 11) is 0. The van der Waals surface area contributed by atoms with Gasteiger partial charge in [-0.2, -0.15) is 5.10 Å². The van der Waals surface area contributed by atoms with Gasteiger partial charge in [-0.1, -0.05) is 36.4 Å². The summed E-state index contributed by atoms with van der Waals surface area (Å²) in [6.07, 6.45) is 0. The normalized spacial score (nSPS) is 10.8. The molecule has 106 valence electrons. The van der Waals surface area contributed by atoms with Gasteiger partial charge in [0.1, 0.15) is 0 Å². The largest absolute Gasteiger partial charge is 0.390 e. The van der Waals surface area contributed by atoms with Crippen molar-refractivity contribution in [3.8, 4) is 0 Å². The third kappa shape index (κ3) is 2.58. The number of aromatic nitrogens is 2. The van der Waals surface area contributed by atoms with Crippen LogP contribution in [0.15, 0.2) is 54.6 Å². The van der Waals surface area contributed by atoms with Crippen molar-refractivity contribution >= 4 is 22.3 Å². The summed E-state index contributed by atoms with van der Waals surface area (Å²) in [5.74, 6) is 0.783. The molecule has 4 nitrogen and oxygen atoms in total. The number of hydrogen-bond donors (Lipinski definition) is 1. The number of aliphatic hydroxyl groups excluding tert-OH is 1. The fraction of sp³-hybridized carbons (Fsp3) is 0.176. The predicted molar refractivity (Wildman–Crippen MR) is 84.6 cm³/mol. The number of rotatable bonds is 4. The SMILES string of the molecule is CCN(c1ccc(CO)nn1)c1cccc2ccccc12. The summed E-state index contributed by atoms with van der Waals surface area (Å²) >= 11 is 0. The van der Waals surface area contributed by atoms with Crippen molar-refractivity contribution in [3.63, 3.8) is 0 Å². The van der Waals surface area contributed by atoms with E-state index in [9.17, 15) is 0 Å². The minimum atomic E-state index is -0.0896. The van der Waals surface area contributed by atoms with E-state index in [4.69, 9.17) is 5.11 Å². The summed E-state index contributed by atoms with van der Waals surface area (Å²) in [6, 6.07) is 18.2. The Morgan fingerprint density at radius 3 is 2.48 bits per heavy atom. The molecule has 0 bridgehead atoms. The quantitative estimate of drug-likeness (QED) is 0.796. The van der Waals surface area contributed by atoms with E-state index < -0.39 is 0 Å². The van der Waals surface area contributed by atoms with Crippen molar-refractivity contribution in [2.45, 2.75) is 13.5 Å². The molecule has 0 radical (unpaired) electrons. The van der Waals surface area contributed by atoms with E-state index in [0.717, 1.165) is 18.1 Å². The molecule has 1 aromatic heterocycles. The molecular weight excluding hydrogens is 262 g/mol. The highest BCUT2D eigenvalue weighted by Gasteiger charge is 2.12. The maximum absolute atomic E-state index is 9.07. The third-order valence-electron chi connectivity index (χ3n) is 3.52. The molecule has 2 aromatic carbocycles. The molecule has 0 aliphatic rings. The van der Waals surface area contributed by atoms with Gasteiger partial charge in [0.25, 0.3) is 0 Å². The zero-order valence-corrected chi connectivity index (χ0v) is 11.9. The van der Waals surface area contributed by atoms with E-state index in [1.54, 1.807) is 6.07 Å². The molecule has 1 N–H and O–H groups in total. The first-order valence-electron chi connectivity index (χ1n) is 7.02. The van der Waals surface area contributed by atoms with Crippen LogP contribution < -0.4 is 4.90 Å². The van der Waals surface area contributed by atoms with Gasteiger partial charge in [0.15, 0.2) is 5.82 Å². The molecule has 0 aliphatic heterocycles. The Bertz CT molecular complexity index is 735. The molecule has 0 spiro atoms. The van der Waals surface area contributed by atoms with Crippen molar-refractivity contribution < 1.29 is 5.11 Å². The van der Waals surface area contributed by atoms with E-state index in [1.807, 2.05) is 18.2 Å². The van der Waals surface area contributed by atoms with Gasteiger partial charge in [-0.05, 0) is 30.5 Å². The molecule has 4 heteroatoms. The van der Waals surface area contributed by atoms with Gasteiger partial charge in [0.05, 0.1) is 18.0 Å². The average molecular weight is 279 g/mol. The standard InChI is InChI=1S/C17H17N3O/c1-2-20(17-11-10-14(12-21)18-19-17)16-9-5-7-13-6-3-4-8-15(13)16/h3-11,21H,2,12H2,1H3. The maximum Gasteiger partial charge on any atom is 0.155 e. The van der Waals surface area contributed by atoms with Crippen LogP contribution >= 0.6 is 0 Å². The minimum absolute atomic E-state index is 0.0896. The monoisotopic (exact) mass is 279 g/mol. The Morgan fingerprint density at radius 2 is 1.76 bits per heavy atom. The second-order valence-corrected chi connectivity index (χ2v) is 4.78. The van der Waals surface area contributed by atoms with Crippen LogP contribution in [0.3, 0.4) is 0 Å². The first-order chi connectivity index (χ1) is 10.3. The van der Waals surface area contributed by atoms with Crippen molar-refractivity contribution in [3.05, 3.63) is 60.3 Å². The lowest BCUT2D eigenvalue weighted by Gasteiger charge is -2.23. The summed E-state index contributed by atoms with van der Waals surface area (Å²) in [5.41, 5.74) is 1.69. The second kappa shape index (κ2) is 5.89. The summed E-state index contributed by atoms with van der Waals surface area (Å²) in [5, 5.41) is 19.7. The lowest BCUT2D eigenvalue weighted by Crippen LogP contribution is -2.18. The van der Waals surface area contributed by atoms with Crippen LogP contribution in [0, 0.1) is 0 Å². The Kier molecular flexibility index (Phi) is 3.79. The average Bonchev–Trinajstić information content (AvgIpc) is 2.56. The Balaban J connectivity index is 2.09. The smallest absolute Gasteiger partial charge is 0.155 e. The highest BCUT2D eigenvalue weighted by Crippen LogP contribution is 2.30. The van der Waals surface area contributed by atoms with Gasteiger partial charge >= 0.3 is 0 Å². The maximum atomic E-state index is 9.07. The molecule has 0 atom stereocenters. The van der Waals surface area contributed by atoms with E-state index in [2.05, 4.69) is 52.4 Å². The summed E-state index contributed by atoms with van der Waals surface area (Å²) < 4.78 is 0. The molecule has 0 unspecified atom stereocenters. The molecule has 21 heavy (non-hydrogen) atoms. The third-order valence-corrected chi connectivity index (χ3v) is 3.52. The minimum Gasteiger partial charge on any atom is -0.390 e. The summed E-state index contributed by atoms with van der Waals surface area (Å²) in [4.78, 5) is 2.12. The fourth-order valence-electron chi connectivity index (χ4n) is 2.48. The zero-order chi connectivity index (χ0) is 14.7. The lowest BCUT2D eigenvalue weighted by molar-refractivity contribution is 0.275. The van der Waals surface area contributed by atoms with Crippen LogP contribution in [-0.2, 0) is 6.61 Å². The Labute approximate surface area is 123 Å². The van der Waals surface area contributed by atoms with Crippen LogP contribution in [0.25, 0.3) is 10.8 Å². The van der Waals surface area contributed by atoms with Gasteiger partial charge in [-0.3, -0.25) is 0 Å². The number of fused-ring (bicyclic) bond motifs is 1.